The molecule has 6 nitrogen and oxygen atoms in total. The molecule has 0 spiro atoms. The maximum Gasteiger partial charge on any atom is 0.239 e. The molecule has 0 aliphatic rings. The first-order chi connectivity index (χ1) is 12.6. The minimum Gasteiger partial charge on any atom is -0.301 e. The van der Waals surface area contributed by atoms with Crippen molar-refractivity contribution in [3.8, 4) is 11.4 Å². The molecule has 0 fully saturated rings. The Balaban J connectivity index is 1.77. The van der Waals surface area contributed by atoms with Gasteiger partial charge in [0.05, 0.1) is 10.9 Å². The molecule has 3 rings (SSSR count). The normalized spacial score (nSPS) is 11.9. The molecule has 1 atom stereocenters. The van der Waals surface area contributed by atoms with Crippen LogP contribution in [0, 0.1) is 6.92 Å². The third-order valence-corrected chi connectivity index (χ3v) is 5.52. The Hall–Kier alpha value is -2.45. The number of carbonyl (C=O) groups excluding carboxylic acids is 1. The van der Waals surface area contributed by atoms with Crippen LogP contribution in [-0.4, -0.2) is 30.9 Å². The van der Waals surface area contributed by atoms with Crippen molar-refractivity contribution in [1.29, 1.82) is 0 Å². The lowest BCUT2D eigenvalue weighted by Gasteiger charge is -2.12. The van der Waals surface area contributed by atoms with Crippen molar-refractivity contribution < 1.29 is 4.79 Å². The van der Waals surface area contributed by atoms with Crippen LogP contribution in [0.2, 0.25) is 0 Å². The summed E-state index contributed by atoms with van der Waals surface area (Å²) in [6, 6.07) is 9.85. The maximum atomic E-state index is 12.4. The first-order valence-electron chi connectivity index (χ1n) is 8.07. The van der Waals surface area contributed by atoms with Gasteiger partial charge < -0.3 is 5.32 Å². The van der Waals surface area contributed by atoms with Crippen LogP contribution in [0.5, 0.6) is 0 Å². The number of hydrogen-bond acceptors (Lipinski definition) is 6. The molecule has 0 radical (unpaired) electrons. The molecule has 0 aliphatic heterocycles. The predicted octanol–water partition coefficient (Wildman–Crippen LogP) is 4.02. The predicted molar refractivity (Wildman–Crippen MR) is 106 cm³/mol. The van der Waals surface area contributed by atoms with Crippen molar-refractivity contribution in [2.45, 2.75) is 30.8 Å². The molecule has 1 amide bonds. The van der Waals surface area contributed by atoms with Crippen LogP contribution in [0.15, 0.2) is 53.5 Å². The number of aromatic nitrogens is 4. The van der Waals surface area contributed by atoms with Crippen LogP contribution in [0.4, 0.5) is 5.13 Å². The molecule has 3 aromatic rings. The standard InChI is InChI=1S/C18H19N5OS2/c1-4-10-23-15(14-8-6-5-7-9-14)21-22-18(23)26-13(3)16(24)20-17-19-12(2)11-25-17/h4-9,11,13H,1,10H2,2-3H3,(H,19,20,24)/t13-/m0/s1. The second kappa shape index (κ2) is 8.29. The highest BCUT2D eigenvalue weighted by molar-refractivity contribution is 8.00. The molecule has 1 N–H and O–H groups in total. The summed E-state index contributed by atoms with van der Waals surface area (Å²) in [5, 5.41) is 14.3. The summed E-state index contributed by atoms with van der Waals surface area (Å²) < 4.78 is 1.96. The van der Waals surface area contributed by atoms with Gasteiger partial charge in [0, 0.05) is 17.5 Å². The average Bonchev–Trinajstić information content (AvgIpc) is 3.22. The molecule has 134 valence electrons. The van der Waals surface area contributed by atoms with E-state index in [1.807, 2.05) is 54.1 Å². The summed E-state index contributed by atoms with van der Waals surface area (Å²) >= 11 is 2.78. The minimum atomic E-state index is -0.337. The first kappa shape index (κ1) is 18.3. The number of thioether (sulfide) groups is 1. The van der Waals surface area contributed by atoms with Gasteiger partial charge in [-0.3, -0.25) is 9.36 Å². The fourth-order valence-corrected chi connectivity index (χ4v) is 3.85. The monoisotopic (exact) mass is 385 g/mol. The van der Waals surface area contributed by atoms with Crippen molar-refractivity contribution in [2.24, 2.45) is 0 Å². The Bertz CT molecular complexity index is 903. The Morgan fingerprint density at radius 3 is 2.81 bits per heavy atom. The van der Waals surface area contributed by atoms with Gasteiger partial charge in [-0.2, -0.15) is 0 Å². The van der Waals surface area contributed by atoms with Gasteiger partial charge in [0.2, 0.25) is 5.91 Å². The zero-order valence-electron chi connectivity index (χ0n) is 14.5. The van der Waals surface area contributed by atoms with E-state index in [0.717, 1.165) is 17.1 Å². The summed E-state index contributed by atoms with van der Waals surface area (Å²) in [6.07, 6.45) is 1.79. The molecular formula is C18H19N5OS2. The van der Waals surface area contributed by atoms with Gasteiger partial charge in [-0.1, -0.05) is 48.2 Å². The Kier molecular flexibility index (Phi) is 5.85. The summed E-state index contributed by atoms with van der Waals surface area (Å²) in [6.45, 7) is 8.12. The summed E-state index contributed by atoms with van der Waals surface area (Å²) in [5.41, 5.74) is 1.87. The Labute approximate surface area is 160 Å². The fraction of sp³-hybridized carbons (Fsp3) is 0.222. The van der Waals surface area contributed by atoms with Gasteiger partial charge in [0.15, 0.2) is 16.1 Å². The number of aryl methyl sites for hydroxylation is 1. The highest BCUT2D eigenvalue weighted by Crippen LogP contribution is 2.27. The van der Waals surface area contributed by atoms with E-state index in [4.69, 9.17) is 0 Å². The van der Waals surface area contributed by atoms with Crippen molar-refractivity contribution in [2.75, 3.05) is 5.32 Å². The van der Waals surface area contributed by atoms with Gasteiger partial charge in [-0.15, -0.1) is 28.1 Å². The van der Waals surface area contributed by atoms with Crippen molar-refractivity contribution >= 4 is 34.1 Å². The molecule has 2 aromatic heterocycles. The number of hydrogen-bond donors (Lipinski definition) is 1. The Morgan fingerprint density at radius 2 is 2.15 bits per heavy atom. The van der Waals surface area contributed by atoms with Gasteiger partial charge >= 0.3 is 0 Å². The molecule has 0 saturated carbocycles. The second-order valence-corrected chi connectivity index (χ2v) is 7.78. The summed E-state index contributed by atoms with van der Waals surface area (Å²) in [5.74, 6) is 0.648. The van der Waals surface area contributed by atoms with Gasteiger partial charge in [-0.25, -0.2) is 4.98 Å². The SMILES string of the molecule is C=CCn1c(S[C@@H](C)C(=O)Nc2nc(C)cs2)nnc1-c1ccccc1. The second-order valence-electron chi connectivity index (χ2n) is 5.61. The quantitative estimate of drug-likeness (QED) is 0.491. The molecule has 2 heterocycles. The topological polar surface area (TPSA) is 72.7 Å². The number of benzene rings is 1. The fourth-order valence-electron chi connectivity index (χ4n) is 2.30. The zero-order chi connectivity index (χ0) is 18.5. The lowest BCUT2D eigenvalue weighted by atomic mass is 10.2. The van der Waals surface area contributed by atoms with E-state index >= 15 is 0 Å². The number of allylic oxidation sites excluding steroid dienone is 1. The number of thiazole rings is 1. The van der Waals surface area contributed by atoms with E-state index in [0.29, 0.717) is 16.8 Å². The van der Waals surface area contributed by atoms with Crippen molar-refractivity contribution in [3.05, 3.63) is 54.1 Å². The average molecular weight is 386 g/mol. The molecule has 0 saturated heterocycles. The number of carbonyl (C=O) groups is 1. The van der Waals surface area contributed by atoms with E-state index < -0.39 is 0 Å². The van der Waals surface area contributed by atoms with Crippen LogP contribution in [0.1, 0.15) is 12.6 Å². The highest BCUT2D eigenvalue weighted by atomic mass is 32.2. The van der Waals surface area contributed by atoms with E-state index in [-0.39, 0.29) is 11.2 Å². The molecule has 0 aliphatic carbocycles. The first-order valence-corrected chi connectivity index (χ1v) is 9.83. The molecule has 0 unspecified atom stereocenters. The largest absolute Gasteiger partial charge is 0.301 e. The lowest BCUT2D eigenvalue weighted by Crippen LogP contribution is -2.22. The van der Waals surface area contributed by atoms with E-state index in [1.165, 1.54) is 23.1 Å². The smallest absolute Gasteiger partial charge is 0.239 e. The van der Waals surface area contributed by atoms with E-state index in [2.05, 4.69) is 27.1 Å². The van der Waals surface area contributed by atoms with Crippen LogP contribution >= 0.6 is 23.1 Å². The summed E-state index contributed by atoms with van der Waals surface area (Å²) in [7, 11) is 0. The number of rotatable bonds is 7. The molecule has 8 heteroatoms. The zero-order valence-corrected chi connectivity index (χ0v) is 16.2. The molecule has 0 bridgehead atoms. The molecule has 1 aromatic carbocycles. The van der Waals surface area contributed by atoms with Gasteiger partial charge in [-0.05, 0) is 13.8 Å². The number of nitrogens with zero attached hydrogens (tertiary/aromatic N) is 4. The Morgan fingerprint density at radius 1 is 1.38 bits per heavy atom. The van der Waals surface area contributed by atoms with E-state index in [9.17, 15) is 4.79 Å². The van der Waals surface area contributed by atoms with Crippen LogP contribution < -0.4 is 5.32 Å². The highest BCUT2D eigenvalue weighted by Gasteiger charge is 2.21. The van der Waals surface area contributed by atoms with Crippen LogP contribution in [-0.2, 0) is 11.3 Å². The van der Waals surface area contributed by atoms with Crippen LogP contribution in [0.25, 0.3) is 11.4 Å². The maximum absolute atomic E-state index is 12.4. The van der Waals surface area contributed by atoms with E-state index in [1.54, 1.807) is 6.08 Å². The minimum absolute atomic E-state index is 0.112. The number of amides is 1. The lowest BCUT2D eigenvalue weighted by molar-refractivity contribution is -0.115. The van der Waals surface area contributed by atoms with Crippen LogP contribution in [0.3, 0.4) is 0 Å². The molecule has 26 heavy (non-hydrogen) atoms. The van der Waals surface area contributed by atoms with Gasteiger partial charge in [0.25, 0.3) is 0 Å². The van der Waals surface area contributed by atoms with Crippen molar-refractivity contribution in [1.82, 2.24) is 19.7 Å². The summed E-state index contributed by atoms with van der Waals surface area (Å²) in [4.78, 5) is 16.7. The van der Waals surface area contributed by atoms with Crippen molar-refractivity contribution in [3.63, 3.8) is 0 Å². The third kappa shape index (κ3) is 4.20. The number of anilines is 1. The third-order valence-electron chi connectivity index (χ3n) is 3.56. The number of nitrogens with one attached hydrogen (secondary N) is 1. The van der Waals surface area contributed by atoms with Gasteiger partial charge in [0.1, 0.15) is 0 Å². The molecular weight excluding hydrogens is 366 g/mol.